The molecule has 1 aromatic rings. The minimum atomic E-state index is -4.10. The van der Waals surface area contributed by atoms with E-state index in [1.54, 1.807) is 12.1 Å². The Balaban J connectivity index is -0.00000133. The molecule has 0 atom stereocenters. The van der Waals surface area contributed by atoms with E-state index in [4.69, 9.17) is 4.55 Å². The summed E-state index contributed by atoms with van der Waals surface area (Å²) in [5.41, 5.74) is 1.21. The number of aromatic hydroxyl groups is 1. The summed E-state index contributed by atoms with van der Waals surface area (Å²) in [6.45, 7) is 11.7. The normalized spacial score (nSPS) is 12.9. The fourth-order valence-corrected chi connectivity index (χ4v) is 2.72. The van der Waals surface area contributed by atoms with Crippen LogP contribution in [0, 0.1) is 0 Å². The maximum absolute atomic E-state index is 11.1. The maximum atomic E-state index is 11.1. The summed E-state index contributed by atoms with van der Waals surface area (Å²) in [5, 5.41) is 10.5. The summed E-state index contributed by atoms with van der Waals surface area (Å²) < 4.78 is 31.2. The number of phenolic OH excluding ortho intramolecular Hbond substituents is 1. The first-order chi connectivity index (χ1) is 8.72. The average molecular weight is 343 g/mol. The molecule has 21 heavy (non-hydrogen) atoms. The van der Waals surface area contributed by atoms with Crippen LogP contribution < -0.4 is 0 Å². The van der Waals surface area contributed by atoms with Crippen LogP contribution in [0.5, 0.6) is 5.75 Å². The predicted octanol–water partition coefficient (Wildman–Crippen LogP) is 3.22. The molecule has 0 aliphatic carbocycles. The molecular formula is C15H26CaO4S. The Kier molecular flexibility index (Phi) is 6.81. The van der Waals surface area contributed by atoms with E-state index in [2.05, 4.69) is 0 Å². The van der Waals surface area contributed by atoms with Crippen molar-refractivity contribution in [1.82, 2.24) is 0 Å². The van der Waals surface area contributed by atoms with Gasteiger partial charge in [-0.05, 0) is 27.5 Å². The van der Waals surface area contributed by atoms with Gasteiger partial charge in [-0.2, -0.15) is 8.42 Å². The third-order valence-corrected chi connectivity index (χ3v) is 3.83. The molecule has 6 heteroatoms. The molecule has 0 heterocycles. The van der Waals surface area contributed by atoms with Gasteiger partial charge in [0.15, 0.2) is 0 Å². The summed E-state index contributed by atoms with van der Waals surface area (Å²) in [6.07, 6.45) is 0. The van der Waals surface area contributed by atoms with Gasteiger partial charge in [0.1, 0.15) is 11.5 Å². The molecule has 0 unspecified atom stereocenters. The van der Waals surface area contributed by atoms with Gasteiger partial charge in [0, 0.05) is 0 Å². The molecule has 0 radical (unpaired) electrons. The maximum Gasteiger partial charge on any atom is 2.00 e. The van der Waals surface area contributed by atoms with Crippen molar-refractivity contribution < 1.29 is 20.9 Å². The van der Waals surface area contributed by atoms with E-state index in [0.29, 0.717) is 16.7 Å². The van der Waals surface area contributed by atoms with Crippen molar-refractivity contribution in [3.63, 3.8) is 0 Å². The first-order valence-corrected chi connectivity index (χ1v) is 8.15. The second-order valence-electron chi connectivity index (χ2n) is 7.27. The van der Waals surface area contributed by atoms with Crippen molar-refractivity contribution >= 4 is 47.9 Å². The van der Waals surface area contributed by atoms with Crippen molar-refractivity contribution in [1.29, 1.82) is 0 Å². The molecule has 0 aliphatic heterocycles. The Morgan fingerprint density at radius 3 is 1.57 bits per heavy atom. The van der Waals surface area contributed by atoms with Crippen LogP contribution in [0.2, 0.25) is 0 Å². The molecule has 118 valence electrons. The largest absolute Gasteiger partial charge is 2.00 e. The van der Waals surface area contributed by atoms with Crippen LogP contribution in [0.25, 0.3) is 0 Å². The van der Waals surface area contributed by atoms with E-state index in [9.17, 15) is 13.5 Å². The van der Waals surface area contributed by atoms with Gasteiger partial charge in [0.2, 0.25) is 0 Å². The molecule has 0 fully saturated rings. The van der Waals surface area contributed by atoms with Crippen LogP contribution in [0.15, 0.2) is 12.1 Å². The van der Waals surface area contributed by atoms with E-state index in [1.165, 1.54) is 0 Å². The minimum Gasteiger partial charge on any atom is -1.00 e. The SMILES string of the molecule is CC(C)(C)c1cc(CS(=O)(=O)O)cc(C(C)(C)C)c1O.[Ca+2].[H-].[H-]. The van der Waals surface area contributed by atoms with E-state index in [1.807, 2.05) is 41.5 Å². The number of phenols is 1. The summed E-state index contributed by atoms with van der Waals surface area (Å²) >= 11 is 0. The Bertz CT molecular complexity index is 582. The summed E-state index contributed by atoms with van der Waals surface area (Å²) in [5.74, 6) is -0.247. The Morgan fingerprint density at radius 2 is 1.33 bits per heavy atom. The number of hydrogen-bond acceptors (Lipinski definition) is 3. The van der Waals surface area contributed by atoms with Gasteiger partial charge in [-0.3, -0.25) is 4.55 Å². The molecule has 0 amide bonds. The molecule has 2 N–H and O–H groups in total. The third kappa shape index (κ3) is 6.06. The van der Waals surface area contributed by atoms with Crippen molar-refractivity contribution in [2.75, 3.05) is 0 Å². The topological polar surface area (TPSA) is 74.6 Å². The molecule has 0 saturated heterocycles. The fraction of sp³-hybridized carbons (Fsp3) is 0.600. The monoisotopic (exact) mass is 342 g/mol. The zero-order valence-corrected chi connectivity index (χ0v) is 16.7. The van der Waals surface area contributed by atoms with Gasteiger partial charge in [-0.15, -0.1) is 0 Å². The van der Waals surface area contributed by atoms with Crippen molar-refractivity contribution in [2.24, 2.45) is 0 Å². The molecule has 0 saturated carbocycles. The minimum absolute atomic E-state index is 0. The van der Waals surface area contributed by atoms with Crippen molar-refractivity contribution in [3.05, 3.63) is 28.8 Å². The van der Waals surface area contributed by atoms with E-state index in [0.717, 1.165) is 0 Å². The van der Waals surface area contributed by atoms with Gasteiger partial charge < -0.3 is 7.96 Å². The van der Waals surface area contributed by atoms with Gasteiger partial charge in [0.05, 0.1) is 0 Å². The molecule has 0 bridgehead atoms. The van der Waals surface area contributed by atoms with Gasteiger partial charge in [0.25, 0.3) is 10.1 Å². The molecule has 0 spiro atoms. The predicted molar refractivity (Wildman–Crippen MR) is 88.7 cm³/mol. The molecule has 0 aliphatic rings. The van der Waals surface area contributed by atoms with Crippen molar-refractivity contribution in [3.8, 4) is 5.75 Å². The Labute approximate surface area is 160 Å². The van der Waals surface area contributed by atoms with E-state index < -0.39 is 15.9 Å². The first kappa shape index (κ1) is 21.2. The van der Waals surface area contributed by atoms with Gasteiger partial charge in [-0.25, -0.2) is 0 Å². The van der Waals surface area contributed by atoms with Gasteiger partial charge in [-0.1, -0.05) is 53.7 Å². The Morgan fingerprint density at radius 1 is 1.00 bits per heavy atom. The van der Waals surface area contributed by atoms with E-state index >= 15 is 0 Å². The van der Waals surface area contributed by atoms with Crippen molar-refractivity contribution in [2.45, 2.75) is 58.1 Å². The molecule has 4 nitrogen and oxygen atoms in total. The van der Waals surface area contributed by atoms with Crippen LogP contribution >= 0.6 is 0 Å². The second kappa shape index (κ2) is 6.75. The zero-order valence-electron chi connectivity index (χ0n) is 15.7. The summed E-state index contributed by atoms with van der Waals surface area (Å²) in [6, 6.07) is 3.30. The number of benzene rings is 1. The van der Waals surface area contributed by atoms with Crippen LogP contribution in [0.1, 0.15) is 61.1 Å². The summed E-state index contributed by atoms with van der Waals surface area (Å²) in [7, 11) is -4.10. The standard InChI is InChI=1S/C15H24O4S.Ca.2H/c1-14(2,3)11-7-10(9-20(17,18)19)8-12(13(11)16)15(4,5)6;;;/h7-8,16H,9H2,1-6H3,(H,17,18,19);;;/q;+2;2*-1. The average Bonchev–Trinajstić information content (AvgIpc) is 2.14. The fourth-order valence-electron chi connectivity index (χ4n) is 2.13. The van der Waals surface area contributed by atoms with Crippen LogP contribution in [-0.2, 0) is 26.7 Å². The molecular weight excluding hydrogens is 316 g/mol. The van der Waals surface area contributed by atoms with E-state index in [-0.39, 0.29) is 57.2 Å². The molecule has 0 aromatic heterocycles. The second-order valence-corrected chi connectivity index (χ2v) is 8.72. The molecule has 1 aromatic carbocycles. The smallest absolute Gasteiger partial charge is 1.00 e. The first-order valence-electron chi connectivity index (χ1n) is 6.54. The van der Waals surface area contributed by atoms with Crippen LogP contribution in [0.4, 0.5) is 0 Å². The third-order valence-electron chi connectivity index (χ3n) is 3.13. The zero-order chi connectivity index (χ0) is 15.9. The number of rotatable bonds is 2. The number of hydrogen-bond donors (Lipinski definition) is 2. The van der Waals surface area contributed by atoms with Crippen LogP contribution in [-0.4, -0.2) is 55.8 Å². The molecule has 1 rings (SSSR count). The van der Waals surface area contributed by atoms with Gasteiger partial charge >= 0.3 is 37.7 Å². The Hall–Kier alpha value is 0.190. The van der Waals surface area contributed by atoms with Crippen LogP contribution in [0.3, 0.4) is 0 Å². The summed E-state index contributed by atoms with van der Waals surface area (Å²) in [4.78, 5) is 0. The quantitative estimate of drug-likeness (QED) is 0.639.